The van der Waals surface area contributed by atoms with Crippen molar-refractivity contribution in [2.24, 2.45) is 0 Å². The third-order valence-corrected chi connectivity index (χ3v) is 11.3. The van der Waals surface area contributed by atoms with Gasteiger partial charge in [0.25, 0.3) is 22.9 Å². The summed E-state index contributed by atoms with van der Waals surface area (Å²) in [4.78, 5) is 115. The molecule has 4 atom stereocenters. The summed E-state index contributed by atoms with van der Waals surface area (Å²) >= 11 is 0. The molecule has 2 aromatic heterocycles. The number of carbonyl (C=O) groups excluding carboxylic acids is 4. The molecule has 4 aliphatic heterocycles. The first-order chi connectivity index (χ1) is 31.4. The van der Waals surface area contributed by atoms with Crippen molar-refractivity contribution in [1.29, 1.82) is 0 Å². The first-order valence-corrected chi connectivity index (χ1v) is 20.4. The Balaban J connectivity index is 0.000000218. The van der Waals surface area contributed by atoms with Crippen LogP contribution >= 0.6 is 0 Å². The van der Waals surface area contributed by atoms with E-state index in [4.69, 9.17) is 11.5 Å². The van der Waals surface area contributed by atoms with E-state index >= 15 is 0 Å². The number of fused-ring (bicyclic) bond motifs is 6. The zero-order valence-electron chi connectivity index (χ0n) is 35.5. The van der Waals surface area contributed by atoms with Gasteiger partial charge in [0, 0.05) is 60.6 Å². The Labute approximate surface area is 394 Å². The van der Waals surface area contributed by atoms with E-state index in [0.29, 0.717) is 62.5 Å². The summed E-state index contributed by atoms with van der Waals surface area (Å²) in [5.41, 5.74) is 13.5. The van der Waals surface area contributed by atoms with Crippen molar-refractivity contribution >= 4 is 105 Å². The summed E-state index contributed by atoms with van der Waals surface area (Å²) < 4.78 is 0. The van der Waals surface area contributed by atoms with Gasteiger partial charge >= 0.3 is 35.0 Å². The minimum absolute atomic E-state index is 0. The number of nitrogens with zero attached hydrogens (tertiary/aromatic N) is 6. The fraction of sp³-hybridized carbons (Fsp3) is 0.350. The second-order valence-electron chi connectivity index (χ2n) is 15.7. The Morgan fingerprint density at radius 3 is 1.34 bits per heavy atom. The Bertz CT molecular complexity index is 2490. The average molecular weight is 937 g/mol. The second kappa shape index (κ2) is 20.6. The minimum atomic E-state index is -1.39. The van der Waals surface area contributed by atoms with Gasteiger partial charge in [-0.15, -0.1) is 0 Å². The van der Waals surface area contributed by atoms with E-state index in [0.717, 1.165) is 11.4 Å². The standard InChI is InChI=1S/2C20H23N7O6.Mg/c2*21-20-24-16-15(18(31)25-20)27-9-26(8-12(27)7-22-16)11-3-1-10(2-4-11)17(30)23-13(19(32)33)5-6-14(28)29;/h2*1-4,12-13H,5-9H2,(H,23,30)(H,28,29)(H,32,33)(H4,21,22,24,25,31);/q;;+2/p-2/t2*12-,13+;/m11./s1. The maximum Gasteiger partial charge on any atom is 2.00 e. The number of hydrogen-bond acceptors (Lipinski definition) is 20. The molecule has 2 aromatic carbocycles. The molecule has 27 heteroatoms. The number of aromatic nitrogens is 4. The molecule has 12 N–H and O–H groups in total. The van der Waals surface area contributed by atoms with Crippen LogP contribution in [0.1, 0.15) is 46.4 Å². The summed E-state index contributed by atoms with van der Waals surface area (Å²) in [6, 6.07) is 10.5. The van der Waals surface area contributed by atoms with Crippen molar-refractivity contribution in [3.05, 3.63) is 80.4 Å². The molecule has 26 nitrogen and oxygen atoms in total. The van der Waals surface area contributed by atoms with Crippen LogP contribution in [0.3, 0.4) is 0 Å². The molecule has 67 heavy (non-hydrogen) atoms. The number of benzene rings is 2. The molecule has 2 amide bonds. The van der Waals surface area contributed by atoms with Crippen LogP contribution in [0, 0.1) is 0 Å². The van der Waals surface area contributed by atoms with E-state index in [1.165, 1.54) is 0 Å². The molecule has 8 rings (SSSR count). The van der Waals surface area contributed by atoms with Crippen molar-refractivity contribution in [1.82, 2.24) is 30.6 Å². The number of H-pyrrole nitrogens is 2. The maximum atomic E-state index is 12.4. The quantitative estimate of drug-likeness (QED) is 0.0537. The van der Waals surface area contributed by atoms with Crippen LogP contribution in [0.15, 0.2) is 58.1 Å². The molecule has 0 unspecified atom stereocenters. The number of aromatic amines is 2. The van der Waals surface area contributed by atoms with Crippen LogP contribution in [0.2, 0.25) is 0 Å². The SMILES string of the molecule is Nc1nc2c(c(=O)[nH]1)N1CN(c3ccc(C(=O)N[C@@H](CCC(=O)[O-])C(=O)O)cc3)C[C@H]1CN2.Nc1nc2c(c(=O)[nH]1)N1CN(c3ccc(C(=O)N[C@@H](CCC(=O)[O-])C(=O)O)cc3)C[C@H]1CN2.[Mg+2]. The fourth-order valence-corrected chi connectivity index (χ4v) is 8.00. The fourth-order valence-electron chi connectivity index (χ4n) is 8.00. The third-order valence-electron chi connectivity index (χ3n) is 11.3. The van der Waals surface area contributed by atoms with Gasteiger partial charge < -0.3 is 82.3 Å². The molecule has 4 aromatic rings. The predicted molar refractivity (Wildman–Crippen MR) is 237 cm³/mol. The first-order valence-electron chi connectivity index (χ1n) is 20.4. The Morgan fingerprint density at radius 1 is 0.657 bits per heavy atom. The van der Waals surface area contributed by atoms with Crippen LogP contribution in [0.4, 0.5) is 46.3 Å². The smallest absolute Gasteiger partial charge is 0.550 e. The number of amides is 2. The van der Waals surface area contributed by atoms with Crippen LogP contribution in [-0.2, 0) is 19.2 Å². The summed E-state index contributed by atoms with van der Waals surface area (Å²) in [5.74, 6) is -5.72. The van der Waals surface area contributed by atoms with Gasteiger partial charge in [-0.1, -0.05) is 0 Å². The van der Waals surface area contributed by atoms with Crippen molar-refractivity contribution in [3.8, 4) is 0 Å². The molecule has 0 aliphatic carbocycles. The van der Waals surface area contributed by atoms with Crippen LogP contribution in [0.5, 0.6) is 0 Å². The van der Waals surface area contributed by atoms with E-state index in [2.05, 4.69) is 41.2 Å². The van der Waals surface area contributed by atoms with Gasteiger partial charge in [0.2, 0.25) is 11.9 Å². The van der Waals surface area contributed by atoms with Gasteiger partial charge in [-0.2, -0.15) is 9.97 Å². The molecule has 0 bridgehead atoms. The first kappa shape index (κ1) is 48.6. The van der Waals surface area contributed by atoms with Gasteiger partial charge in [0.15, 0.2) is 11.6 Å². The predicted octanol–water partition coefficient (Wildman–Crippen LogP) is -4.09. The number of aliphatic carboxylic acids is 4. The van der Waals surface area contributed by atoms with Crippen molar-refractivity contribution in [2.75, 3.05) is 81.2 Å². The number of anilines is 8. The molecule has 4 aliphatic rings. The van der Waals surface area contributed by atoms with E-state index in [1.54, 1.807) is 48.5 Å². The molecule has 2 saturated heterocycles. The Kier molecular flexibility index (Phi) is 14.9. The van der Waals surface area contributed by atoms with Crippen LogP contribution in [0.25, 0.3) is 0 Å². The molecule has 0 radical (unpaired) electrons. The normalized spacial score (nSPS) is 17.3. The number of nitrogens with two attached hydrogens (primary N) is 2. The monoisotopic (exact) mass is 936 g/mol. The van der Waals surface area contributed by atoms with E-state index in [9.17, 15) is 58.8 Å². The molecule has 0 spiro atoms. The minimum Gasteiger partial charge on any atom is -0.550 e. The summed E-state index contributed by atoms with van der Waals surface area (Å²) in [5, 5.41) is 50.5. The largest absolute Gasteiger partial charge is 2.00 e. The van der Waals surface area contributed by atoms with Gasteiger partial charge in [-0.3, -0.25) is 29.1 Å². The molecular weight excluding hydrogens is 893 g/mol. The molecule has 2 fully saturated rings. The van der Waals surface area contributed by atoms with Crippen molar-refractivity contribution < 1.29 is 49.2 Å². The topological polar surface area (TPSA) is 394 Å². The Hall–Kier alpha value is -7.81. The third kappa shape index (κ3) is 11.2. The van der Waals surface area contributed by atoms with Crippen LogP contribution in [-0.4, -0.2) is 153 Å². The number of carboxylic acids is 4. The van der Waals surface area contributed by atoms with E-state index in [-0.39, 0.29) is 82.1 Å². The number of hydrogen-bond donors (Lipinski definition) is 10. The number of nitrogens with one attached hydrogen (secondary N) is 6. The van der Waals surface area contributed by atoms with Crippen molar-refractivity contribution in [3.63, 3.8) is 0 Å². The number of carboxylic acid groups (broad SMARTS) is 4. The molecular formula is C40H44MgN14O12. The number of rotatable bonds is 14. The second-order valence-corrected chi connectivity index (χ2v) is 15.7. The average Bonchev–Trinajstić information content (AvgIpc) is 3.91. The summed E-state index contributed by atoms with van der Waals surface area (Å²) in [6.45, 7) is 3.30. The summed E-state index contributed by atoms with van der Waals surface area (Å²) in [7, 11) is 0. The van der Waals surface area contributed by atoms with Gasteiger partial charge in [-0.25, -0.2) is 9.59 Å². The van der Waals surface area contributed by atoms with Gasteiger partial charge in [0.1, 0.15) is 23.5 Å². The maximum absolute atomic E-state index is 12.4. The Morgan fingerprint density at radius 2 is 1.01 bits per heavy atom. The van der Waals surface area contributed by atoms with Crippen LogP contribution < -0.4 is 73.7 Å². The molecule has 6 heterocycles. The number of nitrogen functional groups attached to an aromatic ring is 2. The zero-order chi connectivity index (χ0) is 47.4. The zero-order valence-corrected chi connectivity index (χ0v) is 36.9. The molecule has 348 valence electrons. The number of carbonyl (C=O) groups is 6. The van der Waals surface area contributed by atoms with E-state index in [1.807, 2.05) is 19.6 Å². The summed E-state index contributed by atoms with van der Waals surface area (Å²) in [6.07, 6.45) is -1.51. The van der Waals surface area contributed by atoms with Crippen molar-refractivity contribution in [2.45, 2.75) is 49.9 Å². The van der Waals surface area contributed by atoms with Gasteiger partial charge in [0.05, 0.1) is 25.4 Å². The van der Waals surface area contributed by atoms with E-state index < -0.39 is 60.6 Å². The van der Waals surface area contributed by atoms with Gasteiger partial charge in [-0.05, 0) is 74.2 Å². The molecule has 0 saturated carbocycles.